The van der Waals surface area contributed by atoms with Gasteiger partial charge in [-0.05, 0) is 67.2 Å². The van der Waals surface area contributed by atoms with Gasteiger partial charge in [0.05, 0.1) is 0 Å². The molecule has 2 aromatic carbocycles. The molecule has 6 nitrogen and oxygen atoms in total. The fourth-order valence-corrected chi connectivity index (χ4v) is 3.70. The van der Waals surface area contributed by atoms with E-state index in [1.807, 2.05) is 42.6 Å². The Labute approximate surface area is 195 Å². The van der Waals surface area contributed by atoms with Crippen LogP contribution >= 0.6 is 0 Å². The summed E-state index contributed by atoms with van der Waals surface area (Å²) in [5, 5.41) is 5.51. The van der Waals surface area contributed by atoms with Gasteiger partial charge >= 0.3 is 6.18 Å². The van der Waals surface area contributed by atoms with Crippen molar-refractivity contribution >= 4 is 23.0 Å². The Bertz CT molecular complexity index is 1140. The van der Waals surface area contributed by atoms with Crippen LogP contribution in [0, 0.1) is 0 Å². The standard InChI is InChI=1S/C23H25N3O2.C2HF3O/c1-26(2)23(27)17-5-3-4-16(14-17)22-20-10-13-25-15-18(20)6-7-21(22)28-19-8-11-24-12-9-19;3-2(4,5)1-6/h3-7,10,13-15,19,24H,8-9,11-12H2,1-2H3;1H. The number of alkyl halides is 3. The van der Waals surface area contributed by atoms with E-state index >= 15 is 0 Å². The number of benzene rings is 2. The third-order valence-corrected chi connectivity index (χ3v) is 5.30. The highest BCUT2D eigenvalue weighted by molar-refractivity contribution is 6.01. The van der Waals surface area contributed by atoms with Crippen molar-refractivity contribution in [1.82, 2.24) is 15.2 Å². The van der Waals surface area contributed by atoms with Crippen LogP contribution < -0.4 is 10.1 Å². The van der Waals surface area contributed by atoms with Gasteiger partial charge in [-0.3, -0.25) is 14.6 Å². The van der Waals surface area contributed by atoms with Crippen LogP contribution in [-0.2, 0) is 4.79 Å². The number of carbonyl (C=O) groups is 2. The summed E-state index contributed by atoms with van der Waals surface area (Å²) in [4.78, 5) is 27.0. The van der Waals surface area contributed by atoms with E-state index in [9.17, 15) is 18.0 Å². The average molecular weight is 473 g/mol. The zero-order valence-corrected chi connectivity index (χ0v) is 18.9. The summed E-state index contributed by atoms with van der Waals surface area (Å²) in [6.07, 6.45) is 0.148. The second-order valence-corrected chi connectivity index (χ2v) is 8.04. The molecule has 0 saturated carbocycles. The molecule has 1 aromatic heterocycles. The Kier molecular flexibility index (Phi) is 8.22. The van der Waals surface area contributed by atoms with E-state index in [0.29, 0.717) is 5.56 Å². The fourth-order valence-electron chi connectivity index (χ4n) is 3.70. The second-order valence-electron chi connectivity index (χ2n) is 8.04. The average Bonchev–Trinajstić information content (AvgIpc) is 2.84. The number of fused-ring (bicyclic) bond motifs is 1. The van der Waals surface area contributed by atoms with E-state index in [1.54, 1.807) is 25.2 Å². The van der Waals surface area contributed by atoms with E-state index in [1.165, 1.54) is 0 Å². The minimum absolute atomic E-state index is 0.00965. The maximum absolute atomic E-state index is 12.5. The number of carbonyl (C=O) groups excluding carboxylic acids is 2. The summed E-state index contributed by atoms with van der Waals surface area (Å²) in [5.74, 6) is 0.852. The SMILES string of the molecule is CN(C)C(=O)c1cccc(-c2c(OC3CCNCC3)ccc3cnccc23)c1.O=CC(F)(F)F. The largest absolute Gasteiger partial charge is 0.490 e. The summed E-state index contributed by atoms with van der Waals surface area (Å²) in [6.45, 7) is 1.95. The minimum atomic E-state index is -4.64. The number of aromatic nitrogens is 1. The number of halogens is 3. The van der Waals surface area contributed by atoms with Crippen LogP contribution in [0.3, 0.4) is 0 Å². The Hall–Kier alpha value is -3.46. The zero-order chi connectivity index (χ0) is 24.7. The molecule has 0 bridgehead atoms. The van der Waals surface area contributed by atoms with Gasteiger partial charge in [-0.25, -0.2) is 0 Å². The molecule has 0 aliphatic carbocycles. The number of rotatable bonds is 4. The summed E-state index contributed by atoms with van der Waals surface area (Å²) >= 11 is 0. The normalized spacial score (nSPS) is 14.1. The molecule has 2 heterocycles. The lowest BCUT2D eigenvalue weighted by molar-refractivity contribution is -0.156. The lowest BCUT2D eigenvalue weighted by Crippen LogP contribution is -2.34. The molecule has 1 saturated heterocycles. The summed E-state index contributed by atoms with van der Waals surface area (Å²) in [5.41, 5.74) is 2.67. The first-order valence-corrected chi connectivity index (χ1v) is 10.8. The Balaban J connectivity index is 0.000000481. The smallest absolute Gasteiger partial charge is 0.446 e. The molecule has 0 atom stereocenters. The fraction of sp³-hybridized carbons (Fsp3) is 0.320. The number of amides is 1. The number of piperidine rings is 1. The first kappa shape index (κ1) is 25.2. The third-order valence-electron chi connectivity index (χ3n) is 5.30. The van der Waals surface area contributed by atoms with Gasteiger partial charge < -0.3 is 15.0 Å². The van der Waals surface area contributed by atoms with Gasteiger partial charge in [0.15, 0.2) is 0 Å². The number of pyridine rings is 1. The van der Waals surface area contributed by atoms with E-state index in [2.05, 4.69) is 16.4 Å². The summed E-state index contributed by atoms with van der Waals surface area (Å²) in [6, 6.07) is 13.9. The van der Waals surface area contributed by atoms with Crippen LogP contribution in [0.4, 0.5) is 13.2 Å². The maximum Gasteiger partial charge on any atom is 0.446 e. The topological polar surface area (TPSA) is 71.5 Å². The van der Waals surface area contributed by atoms with Gasteiger partial charge in [-0.2, -0.15) is 13.2 Å². The second kappa shape index (κ2) is 11.1. The molecule has 0 unspecified atom stereocenters. The van der Waals surface area contributed by atoms with Crippen LogP contribution in [0.25, 0.3) is 21.9 Å². The Morgan fingerprint density at radius 2 is 1.85 bits per heavy atom. The highest BCUT2D eigenvalue weighted by Gasteiger charge is 2.25. The van der Waals surface area contributed by atoms with Crippen LogP contribution in [0.5, 0.6) is 5.75 Å². The predicted octanol–water partition coefficient (Wildman–Crippen LogP) is 4.48. The number of nitrogens with one attached hydrogen (secondary N) is 1. The number of hydrogen-bond donors (Lipinski definition) is 1. The Morgan fingerprint density at radius 1 is 1.15 bits per heavy atom. The molecule has 1 N–H and O–H groups in total. The lowest BCUT2D eigenvalue weighted by Gasteiger charge is -2.25. The summed E-state index contributed by atoms with van der Waals surface area (Å²) < 4.78 is 37.7. The monoisotopic (exact) mass is 473 g/mol. The van der Waals surface area contributed by atoms with Crippen molar-refractivity contribution in [3.8, 4) is 16.9 Å². The molecule has 1 aliphatic rings. The van der Waals surface area contributed by atoms with Crippen molar-refractivity contribution in [3.05, 3.63) is 60.4 Å². The van der Waals surface area contributed by atoms with E-state index < -0.39 is 12.5 Å². The Morgan fingerprint density at radius 3 is 2.50 bits per heavy atom. The van der Waals surface area contributed by atoms with Crippen LogP contribution in [0.2, 0.25) is 0 Å². The molecular weight excluding hydrogens is 447 g/mol. The molecule has 0 radical (unpaired) electrons. The molecule has 1 fully saturated rings. The molecule has 4 rings (SSSR count). The van der Waals surface area contributed by atoms with Crippen molar-refractivity contribution in [2.75, 3.05) is 27.2 Å². The number of ether oxygens (including phenoxy) is 1. The van der Waals surface area contributed by atoms with Crippen LogP contribution in [-0.4, -0.2) is 61.5 Å². The summed E-state index contributed by atoms with van der Waals surface area (Å²) in [7, 11) is 3.54. The molecule has 34 heavy (non-hydrogen) atoms. The van der Waals surface area contributed by atoms with Gasteiger partial charge in [0.1, 0.15) is 11.9 Å². The molecular formula is C25H26F3N3O3. The van der Waals surface area contributed by atoms with Crippen molar-refractivity contribution in [1.29, 1.82) is 0 Å². The third kappa shape index (κ3) is 6.54. The van der Waals surface area contributed by atoms with Crippen molar-refractivity contribution < 1.29 is 27.5 Å². The van der Waals surface area contributed by atoms with Gasteiger partial charge in [-0.15, -0.1) is 0 Å². The van der Waals surface area contributed by atoms with Gasteiger partial charge in [0.2, 0.25) is 6.29 Å². The number of aldehydes is 1. The number of nitrogens with zero attached hydrogens (tertiary/aromatic N) is 2. The first-order chi connectivity index (χ1) is 16.2. The van der Waals surface area contributed by atoms with E-state index in [4.69, 9.17) is 9.53 Å². The van der Waals surface area contributed by atoms with E-state index in [-0.39, 0.29) is 12.0 Å². The van der Waals surface area contributed by atoms with E-state index in [0.717, 1.165) is 53.6 Å². The molecule has 180 valence electrons. The predicted molar refractivity (Wildman–Crippen MR) is 124 cm³/mol. The lowest BCUT2D eigenvalue weighted by atomic mass is 9.96. The van der Waals surface area contributed by atoms with Crippen molar-refractivity contribution in [3.63, 3.8) is 0 Å². The first-order valence-electron chi connectivity index (χ1n) is 10.8. The quantitative estimate of drug-likeness (QED) is 0.566. The molecule has 1 aliphatic heterocycles. The maximum atomic E-state index is 12.5. The van der Waals surface area contributed by atoms with Crippen molar-refractivity contribution in [2.24, 2.45) is 0 Å². The minimum Gasteiger partial charge on any atom is -0.490 e. The van der Waals surface area contributed by atoms with Gasteiger partial charge in [0.25, 0.3) is 5.91 Å². The van der Waals surface area contributed by atoms with Gasteiger partial charge in [-0.1, -0.05) is 12.1 Å². The van der Waals surface area contributed by atoms with Crippen LogP contribution in [0.1, 0.15) is 23.2 Å². The zero-order valence-electron chi connectivity index (χ0n) is 18.9. The molecule has 0 spiro atoms. The van der Waals surface area contributed by atoms with Crippen molar-refractivity contribution in [2.45, 2.75) is 25.1 Å². The molecule has 1 amide bonds. The van der Waals surface area contributed by atoms with Crippen LogP contribution in [0.15, 0.2) is 54.9 Å². The number of hydrogen-bond acceptors (Lipinski definition) is 5. The van der Waals surface area contributed by atoms with Gasteiger partial charge in [0, 0.05) is 43.0 Å². The highest BCUT2D eigenvalue weighted by Crippen LogP contribution is 2.38. The highest BCUT2D eigenvalue weighted by atomic mass is 19.4. The molecule has 3 aromatic rings. The molecule has 9 heteroatoms.